The Morgan fingerprint density at radius 1 is 0.556 bits per heavy atom. The molecule has 18 heteroatoms. The monoisotopic (exact) mass is 1110 g/mol. The van der Waals surface area contributed by atoms with Gasteiger partial charge in [0, 0.05) is 78.5 Å². The van der Waals surface area contributed by atoms with Gasteiger partial charge in [0.1, 0.15) is 47.9 Å². The highest BCUT2D eigenvalue weighted by molar-refractivity contribution is 5.93. The van der Waals surface area contributed by atoms with Gasteiger partial charge in [-0.1, -0.05) is 79.3 Å². The number of nitrogens with zero attached hydrogens (tertiary/aromatic N) is 4. The number of hydrazine groups is 2. The van der Waals surface area contributed by atoms with Crippen LogP contribution in [0.5, 0.6) is 0 Å². The number of Topliss-reactive ketones (excluding diaryl/α,β-unsaturated/α-hetero) is 2. The van der Waals surface area contributed by atoms with Crippen LogP contribution in [-0.4, -0.2) is 104 Å². The standard InChI is InChI=1S/C31H42N4O5.C31H40N4O5.CH4/c2*1-18(2)26-16-28(36)19(3)8-6-9-25-15-24-14-22(11-12-23(24)17-32-25)21(5)40-31(39)27-10-7-13-35(34-27)30(38)20(4)33-29(26)37;/h11-12,14-15,17-21,26-27,34H,6-10,13,16H2,1-5H3,(H,33,37);6,9,11-12,14-15,17-21,26-27,34H,7-8,10,13,16H2,1-5H3,(H,33,37);1H4/b;9-6+;/t2*19-,20+,21-,26+,27+;/m11./s1. The SMILES string of the molecule is C.CC(C)[C@@H]1CC(=O)[C@H](C)C/C=C/c2cc3cc(ccc3cn2)[C@@H](C)OC(=O)[C@@H]2CCCN(N2)C(=O)[C@H](C)NC1=O.CC(C)[C@@H]1CC(=O)[C@H](C)CCCc2cc3cc(ccc3cn2)[C@@H](C)OC(=O)[C@@H]2CCCN(N2)C(=O)[C@H](C)NC1=O. The van der Waals surface area contributed by atoms with Gasteiger partial charge in [-0.3, -0.25) is 58.3 Å². The largest absolute Gasteiger partial charge is 0.457 e. The summed E-state index contributed by atoms with van der Waals surface area (Å²) in [6, 6.07) is 12.8. The van der Waals surface area contributed by atoms with Crippen LogP contribution in [0.2, 0.25) is 0 Å². The van der Waals surface area contributed by atoms with Crippen molar-refractivity contribution >= 4 is 74.8 Å². The molecule has 0 spiro atoms. The Hall–Kier alpha value is -6.92. The molecule has 0 radical (unpaired) electrons. The van der Waals surface area contributed by atoms with Crippen molar-refractivity contribution in [1.29, 1.82) is 0 Å². The lowest BCUT2D eigenvalue weighted by Gasteiger charge is -2.35. The number of fused-ring (bicyclic) bond motifs is 8. The average Bonchev–Trinajstić information content (AvgIpc) is 3.52. The van der Waals surface area contributed by atoms with Crippen LogP contribution in [0.3, 0.4) is 0 Å². The molecular weight excluding hydrogens is 1030 g/mol. The van der Waals surface area contributed by atoms with Gasteiger partial charge < -0.3 is 20.1 Å². The summed E-state index contributed by atoms with van der Waals surface area (Å²) in [4.78, 5) is 114. The third-order valence-corrected chi connectivity index (χ3v) is 16.1. The summed E-state index contributed by atoms with van der Waals surface area (Å²) in [5, 5.41) is 12.4. The second kappa shape index (κ2) is 28.7. The Morgan fingerprint density at radius 3 is 1.52 bits per heavy atom. The van der Waals surface area contributed by atoms with Crippen molar-refractivity contribution in [2.75, 3.05) is 13.1 Å². The summed E-state index contributed by atoms with van der Waals surface area (Å²) in [6.45, 7) is 19.2. The summed E-state index contributed by atoms with van der Waals surface area (Å²) in [5.41, 5.74) is 9.45. The second-order valence-corrected chi connectivity index (χ2v) is 23.1. The molecule has 6 heterocycles. The van der Waals surface area contributed by atoms with E-state index >= 15 is 0 Å². The maximum atomic E-state index is 13.2. The molecule has 438 valence electrons. The zero-order valence-electron chi connectivity index (χ0n) is 48.2. The number of rotatable bonds is 2. The number of allylic oxidation sites excluding steroid dienone is 1. The summed E-state index contributed by atoms with van der Waals surface area (Å²) in [6.07, 6.45) is 11.8. The molecule has 2 saturated heterocycles. The van der Waals surface area contributed by atoms with Gasteiger partial charge in [-0.25, -0.2) is 10.9 Å². The fraction of sp³-hybridized carbons (Fsp3) is 0.556. The van der Waals surface area contributed by atoms with E-state index in [2.05, 4.69) is 37.5 Å². The van der Waals surface area contributed by atoms with Gasteiger partial charge in [0.25, 0.3) is 11.8 Å². The van der Waals surface area contributed by atoms with E-state index in [4.69, 9.17) is 9.47 Å². The van der Waals surface area contributed by atoms with Crippen LogP contribution in [0.15, 0.2) is 67.0 Å². The van der Waals surface area contributed by atoms with Crippen molar-refractivity contribution in [3.05, 3.63) is 89.5 Å². The number of carbonyl (C=O) groups is 8. The van der Waals surface area contributed by atoms with Gasteiger partial charge in [0.2, 0.25) is 11.8 Å². The smallest absolute Gasteiger partial charge is 0.325 e. The Bertz CT molecular complexity index is 2960. The number of cyclic esters (lactones) is 2. The molecule has 0 saturated carbocycles. The van der Waals surface area contributed by atoms with Crippen LogP contribution in [-0.2, 0) is 54.3 Å². The van der Waals surface area contributed by atoms with Crippen LogP contribution >= 0.6 is 0 Å². The molecule has 81 heavy (non-hydrogen) atoms. The molecular formula is C63H86N8O10. The maximum Gasteiger partial charge on any atom is 0.325 e. The molecule has 2 fully saturated rings. The summed E-state index contributed by atoms with van der Waals surface area (Å²) in [5.74, 6) is -3.78. The summed E-state index contributed by atoms with van der Waals surface area (Å²) >= 11 is 0. The molecule has 4 amide bonds. The van der Waals surface area contributed by atoms with Gasteiger partial charge in [-0.05, 0) is 143 Å². The topological polar surface area (TPSA) is 235 Å². The number of hydrogen-bond donors (Lipinski definition) is 4. The third kappa shape index (κ3) is 16.6. The van der Waals surface area contributed by atoms with Crippen LogP contribution in [0.1, 0.15) is 169 Å². The molecule has 10 bridgehead atoms. The number of carbonyl (C=O) groups excluding carboxylic acids is 8. The van der Waals surface area contributed by atoms with Gasteiger partial charge in [-0.2, -0.15) is 0 Å². The Balaban J connectivity index is 0.000000258. The van der Waals surface area contributed by atoms with Crippen molar-refractivity contribution in [3.8, 4) is 0 Å². The minimum Gasteiger partial charge on any atom is -0.457 e. The van der Waals surface area contributed by atoms with E-state index in [1.165, 1.54) is 10.0 Å². The van der Waals surface area contributed by atoms with E-state index < -0.39 is 60.1 Å². The normalized spacial score (nSPS) is 27.7. The second-order valence-electron chi connectivity index (χ2n) is 23.1. The highest BCUT2D eigenvalue weighted by Crippen LogP contribution is 2.29. The number of benzene rings is 2. The highest BCUT2D eigenvalue weighted by Gasteiger charge is 2.37. The zero-order chi connectivity index (χ0) is 57.9. The van der Waals surface area contributed by atoms with Crippen molar-refractivity contribution < 1.29 is 47.8 Å². The molecule has 4 aliphatic rings. The number of aromatic nitrogens is 2. The molecule has 18 nitrogen and oxygen atoms in total. The number of ketones is 2. The Labute approximate surface area is 477 Å². The molecule has 4 aromatic rings. The first kappa shape index (κ1) is 63.3. The number of amides is 4. The molecule has 0 unspecified atom stereocenters. The first-order valence-electron chi connectivity index (χ1n) is 28.7. The van der Waals surface area contributed by atoms with E-state index in [0.717, 1.165) is 56.9 Å². The number of hydrogen-bond acceptors (Lipinski definition) is 14. The Morgan fingerprint density at radius 2 is 1.02 bits per heavy atom. The van der Waals surface area contributed by atoms with Crippen LogP contribution in [0.4, 0.5) is 0 Å². The van der Waals surface area contributed by atoms with E-state index in [1.54, 1.807) is 20.0 Å². The van der Waals surface area contributed by atoms with Crippen LogP contribution < -0.4 is 21.5 Å². The van der Waals surface area contributed by atoms with Crippen molar-refractivity contribution in [2.24, 2.45) is 35.5 Å². The van der Waals surface area contributed by atoms with E-state index in [1.807, 2.05) is 116 Å². The fourth-order valence-corrected chi connectivity index (χ4v) is 10.6. The van der Waals surface area contributed by atoms with Crippen molar-refractivity contribution in [3.63, 3.8) is 0 Å². The van der Waals surface area contributed by atoms with Gasteiger partial charge in [0.15, 0.2) is 0 Å². The van der Waals surface area contributed by atoms with Gasteiger partial charge >= 0.3 is 11.9 Å². The average molecular weight is 1120 g/mol. The quantitative estimate of drug-likeness (QED) is 0.137. The lowest BCUT2D eigenvalue weighted by Crippen LogP contribution is -2.59. The maximum absolute atomic E-state index is 13.2. The predicted molar refractivity (Wildman–Crippen MR) is 311 cm³/mol. The minimum atomic E-state index is -0.823. The molecule has 8 rings (SSSR count). The molecule has 10 atom stereocenters. The number of ether oxygens (including phenoxy) is 2. The van der Waals surface area contributed by atoms with Crippen molar-refractivity contribution in [1.82, 2.24) is 41.5 Å². The fourth-order valence-electron chi connectivity index (χ4n) is 10.6. The molecule has 0 aliphatic carbocycles. The molecule has 4 aliphatic heterocycles. The van der Waals surface area contributed by atoms with E-state index in [-0.39, 0.29) is 79.1 Å². The summed E-state index contributed by atoms with van der Waals surface area (Å²) < 4.78 is 11.6. The number of nitrogens with one attached hydrogen (secondary N) is 4. The van der Waals surface area contributed by atoms with Crippen molar-refractivity contribution in [2.45, 2.75) is 177 Å². The predicted octanol–water partition coefficient (Wildman–Crippen LogP) is 8.80. The zero-order valence-corrected chi connectivity index (χ0v) is 48.2. The van der Waals surface area contributed by atoms with Crippen LogP contribution in [0.25, 0.3) is 27.6 Å². The lowest BCUT2D eigenvalue weighted by atomic mass is 9.85. The van der Waals surface area contributed by atoms with Crippen LogP contribution in [0, 0.1) is 35.5 Å². The Kier molecular flexibility index (Phi) is 22.4. The molecule has 2 aromatic carbocycles. The first-order chi connectivity index (χ1) is 38.1. The molecule has 4 N–H and O–H groups in total. The minimum absolute atomic E-state index is 0. The number of esters is 2. The molecule has 2 aromatic heterocycles. The number of pyridine rings is 2. The summed E-state index contributed by atoms with van der Waals surface area (Å²) in [7, 11) is 0. The highest BCUT2D eigenvalue weighted by atomic mass is 16.5. The number of aryl methyl sites for hydroxylation is 1. The van der Waals surface area contributed by atoms with E-state index in [9.17, 15) is 38.4 Å². The van der Waals surface area contributed by atoms with E-state index in [0.29, 0.717) is 51.6 Å². The lowest BCUT2D eigenvalue weighted by molar-refractivity contribution is -0.158. The first-order valence-corrected chi connectivity index (χ1v) is 28.7. The van der Waals surface area contributed by atoms with Gasteiger partial charge in [0.05, 0.1) is 5.69 Å². The van der Waals surface area contributed by atoms with Gasteiger partial charge in [-0.15, -0.1) is 0 Å². The third-order valence-electron chi connectivity index (χ3n) is 16.1.